The first-order valence-corrected chi connectivity index (χ1v) is 26.8. The molecule has 3 aliphatic heterocycles. The van der Waals surface area contributed by atoms with Crippen LogP contribution in [0.2, 0.25) is 18.1 Å². The van der Waals surface area contributed by atoms with Crippen LogP contribution >= 0.6 is 15.4 Å². The van der Waals surface area contributed by atoms with Gasteiger partial charge in [0.2, 0.25) is 0 Å². The van der Waals surface area contributed by atoms with Gasteiger partial charge in [-0.3, -0.25) is 9.36 Å². The fourth-order valence-electron chi connectivity index (χ4n) is 6.51. The van der Waals surface area contributed by atoms with Crippen LogP contribution in [0, 0.1) is 16.1 Å². The predicted octanol–water partition coefficient (Wildman–Crippen LogP) is 1.58. The minimum Gasteiger partial charge on any atom is -0.407 e. The molecule has 0 aromatic carbocycles. The summed E-state index contributed by atoms with van der Waals surface area (Å²) in [7, 11) is -11.9. The number of aromatic nitrogens is 8. The standard InChI is InChI=1S/C29H41N8O12P2Si.Bi.HN/c1-14-20-16(45-27(14)36-12-32-18-23(36)30-11-31-25(18)38)10-44-51(41,42)48-21-17(9-43-50(6,40)47-20)46-28(22(21)49-52(7,8)29(3,4)5)37-13-33-19-24(37)34-15(2)35-26(19)39;;/h12-14,16-17,20-22,27-28H,9-10H2,1-8H3,(H,41,42)(H,30,31,38)(H,34,35,39);;1H/p-1/t14?,16-,17-,20-,21?,22+,27-,28-,50?;;/m1../s1. The Kier molecular flexibility index (Phi) is 10.6. The molecule has 0 amide bonds. The van der Waals surface area contributed by atoms with E-state index in [1.54, 1.807) is 13.8 Å². The third-order valence-corrected chi connectivity index (χ3v) is 18.6. The van der Waals surface area contributed by atoms with Gasteiger partial charge in [-0.25, -0.2) is 9.97 Å². The van der Waals surface area contributed by atoms with Gasteiger partial charge in [0.25, 0.3) is 5.56 Å². The van der Waals surface area contributed by atoms with Gasteiger partial charge in [0.05, 0.1) is 6.33 Å². The van der Waals surface area contributed by atoms with E-state index < -0.39 is 120 Å². The Hall–Kier alpha value is -2.26. The number of phosphoric acid groups is 1. The molecule has 3 saturated heterocycles. The monoisotopic (exact) mass is 1010 g/mol. The molecule has 4 unspecified atom stereocenters. The number of ether oxygens (including phenoxy) is 2. The van der Waals surface area contributed by atoms with E-state index in [9.17, 15) is 23.6 Å². The molecule has 10 atom stereocenters. The van der Waals surface area contributed by atoms with Gasteiger partial charge < -0.3 is 14.1 Å². The van der Waals surface area contributed by atoms with Gasteiger partial charge in [0.1, 0.15) is 11.9 Å². The van der Waals surface area contributed by atoms with E-state index in [1.807, 2.05) is 33.9 Å². The van der Waals surface area contributed by atoms with Crippen LogP contribution in [-0.2, 0) is 41.1 Å². The molecule has 7 heterocycles. The van der Waals surface area contributed by atoms with Gasteiger partial charge in [0.15, 0.2) is 25.7 Å². The van der Waals surface area contributed by atoms with Crippen molar-refractivity contribution in [1.29, 1.82) is 3.29 Å². The van der Waals surface area contributed by atoms with Gasteiger partial charge in [-0.05, 0) is 25.1 Å². The number of aromatic amines is 2. The van der Waals surface area contributed by atoms with Crippen LogP contribution in [0.25, 0.3) is 22.3 Å². The van der Waals surface area contributed by atoms with E-state index in [4.69, 9.17) is 35.3 Å². The first kappa shape index (κ1) is 40.0. The molecule has 0 saturated carbocycles. The van der Waals surface area contributed by atoms with Crippen LogP contribution in [0.4, 0.5) is 0 Å². The maximum absolute atomic E-state index is 14.1. The van der Waals surface area contributed by atoms with Crippen LogP contribution in [0.1, 0.15) is 46.0 Å². The van der Waals surface area contributed by atoms with E-state index in [2.05, 4.69) is 29.9 Å². The smallest absolute Gasteiger partial charge is 0.407 e. The third-order valence-electron chi connectivity index (χ3n) is 10.2. The summed E-state index contributed by atoms with van der Waals surface area (Å²) in [6, 6.07) is 0. The molecule has 54 heavy (non-hydrogen) atoms. The third kappa shape index (κ3) is 7.47. The van der Waals surface area contributed by atoms with E-state index in [0.717, 1.165) is 0 Å². The quantitative estimate of drug-likeness (QED) is 0.189. The van der Waals surface area contributed by atoms with Crippen molar-refractivity contribution >= 4 is 72.7 Å². The van der Waals surface area contributed by atoms with Crippen molar-refractivity contribution < 1.29 is 46.0 Å². The zero-order valence-corrected chi connectivity index (χ0v) is 36.9. The van der Waals surface area contributed by atoms with E-state index in [0.29, 0.717) is 5.82 Å². The van der Waals surface area contributed by atoms with Crippen molar-refractivity contribution in [3.05, 3.63) is 39.2 Å². The Morgan fingerprint density at radius 2 is 1.52 bits per heavy atom. The summed E-state index contributed by atoms with van der Waals surface area (Å²) < 4.78 is 81.9. The number of rotatable bonds is 5. The van der Waals surface area contributed by atoms with Crippen molar-refractivity contribution in [2.75, 3.05) is 19.9 Å². The van der Waals surface area contributed by atoms with E-state index >= 15 is 0 Å². The van der Waals surface area contributed by atoms with Crippen LogP contribution in [0.3, 0.4) is 0 Å². The Bertz CT molecular complexity index is 2330. The van der Waals surface area contributed by atoms with Crippen molar-refractivity contribution in [2.45, 2.75) is 95.7 Å². The number of H-pyrrole nitrogens is 2. The van der Waals surface area contributed by atoms with Crippen LogP contribution < -0.4 is 19.5 Å². The Balaban J connectivity index is 1.24. The topological polar surface area (TPSA) is 273 Å². The normalized spacial score (nSPS) is 34.0. The molecule has 4 aromatic heterocycles. The van der Waals surface area contributed by atoms with Crippen LogP contribution in [-0.4, -0.2) is 121 Å². The Morgan fingerprint density at radius 1 is 0.944 bits per heavy atom. The molecular weight excluding hydrogens is 965 g/mol. The minimum atomic E-state index is -5.20. The predicted molar refractivity (Wildman–Crippen MR) is 191 cm³/mol. The summed E-state index contributed by atoms with van der Waals surface area (Å²) in [4.78, 5) is 61.7. The summed E-state index contributed by atoms with van der Waals surface area (Å²) >= 11 is -1.98. The second kappa shape index (κ2) is 14.3. The summed E-state index contributed by atoms with van der Waals surface area (Å²) in [6.07, 6.45) is -5.19. The number of imidazole rings is 2. The van der Waals surface area contributed by atoms with Crippen molar-refractivity contribution in [2.24, 2.45) is 5.92 Å². The average molecular weight is 1010 g/mol. The SMILES string of the molecule is Cc1nc2c(ncn2[C@@H]2O[C@@H]3COP(C)(=O)O[C@@H]4C(C)[C@H](n5cnc6c(=O)[nH][c]([Bi]=[NH])nc65)O[C@@H]4COP(=O)([O-])OC3[C@@H]2O[Si](C)(C)C(C)(C)C)c(=O)[nH]1. The molecule has 0 aliphatic carbocycles. The van der Waals surface area contributed by atoms with Gasteiger partial charge in [-0.15, -0.1) is 0 Å². The van der Waals surface area contributed by atoms with Gasteiger partial charge in [-0.2, -0.15) is 0 Å². The molecule has 4 aromatic rings. The second-order valence-electron chi connectivity index (χ2n) is 15.1. The van der Waals surface area contributed by atoms with Gasteiger partial charge >= 0.3 is 193 Å². The van der Waals surface area contributed by atoms with Crippen LogP contribution in [0.5, 0.6) is 0 Å². The van der Waals surface area contributed by atoms with E-state index in [1.165, 1.54) is 28.5 Å². The van der Waals surface area contributed by atoms with Gasteiger partial charge in [-0.1, -0.05) is 20.8 Å². The van der Waals surface area contributed by atoms with E-state index in [-0.39, 0.29) is 30.9 Å². The van der Waals surface area contributed by atoms with Gasteiger partial charge in [0, 0.05) is 0 Å². The zero-order valence-electron chi connectivity index (χ0n) is 30.6. The molecule has 0 bridgehead atoms. The fraction of sp³-hybridized carbons (Fsp3) is 0.655. The molecular formula is C29H41BiN9O12P2Si-. The number of hydrogen-bond acceptors (Lipinski definition) is 17. The number of fused-ring (bicyclic) bond motifs is 4. The zero-order chi connectivity index (χ0) is 39.1. The molecule has 294 valence electrons. The molecule has 3 fully saturated rings. The maximum atomic E-state index is 14.1. The van der Waals surface area contributed by atoms with Crippen LogP contribution in [0.15, 0.2) is 22.2 Å². The van der Waals surface area contributed by atoms with Crippen molar-refractivity contribution in [1.82, 2.24) is 39.0 Å². The molecule has 0 radical (unpaired) electrons. The number of aryl methyl sites for hydroxylation is 1. The number of hydrogen-bond donors (Lipinski definition) is 3. The fourth-order valence-corrected chi connectivity index (χ4v) is 11.2. The molecule has 3 N–H and O–H groups in total. The Morgan fingerprint density at radius 3 is 2.17 bits per heavy atom. The molecule has 3 aliphatic rings. The molecule has 21 nitrogen and oxygen atoms in total. The second-order valence-corrected chi connectivity index (χ2v) is 25.7. The number of phosphoric ester groups is 1. The number of nitrogens with one attached hydrogen (secondary N) is 3. The summed E-state index contributed by atoms with van der Waals surface area (Å²) in [5.41, 5.74) is -0.543. The average Bonchev–Trinajstić information content (AvgIpc) is 3.83. The minimum absolute atomic E-state index is 0.0344. The van der Waals surface area contributed by atoms with Crippen molar-refractivity contribution in [3.63, 3.8) is 0 Å². The molecule has 0 spiro atoms. The Labute approximate surface area is 320 Å². The first-order chi connectivity index (χ1) is 25.2. The van der Waals surface area contributed by atoms with Crippen molar-refractivity contribution in [3.8, 4) is 0 Å². The summed E-state index contributed by atoms with van der Waals surface area (Å²) in [5, 5.41) is -0.345. The number of nitrogens with zero attached hydrogens (tertiary/aromatic N) is 6. The molecule has 7 rings (SSSR count). The molecule has 25 heteroatoms. The summed E-state index contributed by atoms with van der Waals surface area (Å²) in [6.45, 7) is 13.6. The summed E-state index contributed by atoms with van der Waals surface area (Å²) in [5.74, 6) is -0.308. The first-order valence-electron chi connectivity index (χ1n) is 17.0.